The Morgan fingerprint density at radius 2 is 2.21 bits per heavy atom. The molecule has 84 valence electrons. The molecule has 1 unspecified atom stereocenters. The van der Waals surface area contributed by atoms with Crippen LogP contribution >= 0.6 is 11.8 Å². The highest BCUT2D eigenvalue weighted by atomic mass is 32.2. The van der Waals surface area contributed by atoms with Crippen LogP contribution in [0.3, 0.4) is 0 Å². The fourth-order valence-electron chi connectivity index (χ4n) is 1.63. The summed E-state index contributed by atoms with van der Waals surface area (Å²) in [6, 6.07) is 0.217. The lowest BCUT2D eigenvalue weighted by Gasteiger charge is -2.09. The summed E-state index contributed by atoms with van der Waals surface area (Å²) in [6.07, 6.45) is 5.27. The lowest BCUT2D eigenvalue weighted by Crippen LogP contribution is -2.30. The van der Waals surface area contributed by atoms with Gasteiger partial charge in [-0.05, 0) is 37.8 Å². The first kappa shape index (κ1) is 12.3. The van der Waals surface area contributed by atoms with E-state index in [1.165, 1.54) is 12.2 Å². The number of nitrogens with one attached hydrogen (secondary N) is 1. The average Bonchev–Trinajstić information content (AvgIpc) is 2.45. The van der Waals surface area contributed by atoms with Crippen molar-refractivity contribution in [3.8, 4) is 0 Å². The molecule has 0 aromatic heterocycles. The van der Waals surface area contributed by atoms with E-state index in [1.54, 1.807) is 0 Å². The van der Waals surface area contributed by atoms with Crippen LogP contribution in [0.1, 0.15) is 19.3 Å². The van der Waals surface area contributed by atoms with Crippen LogP contribution in [0.15, 0.2) is 0 Å². The van der Waals surface area contributed by atoms with E-state index in [2.05, 4.69) is 11.6 Å². The van der Waals surface area contributed by atoms with Gasteiger partial charge in [0.2, 0.25) is 0 Å². The predicted octanol–water partition coefficient (Wildman–Crippen LogP) is 0.906. The van der Waals surface area contributed by atoms with Crippen molar-refractivity contribution in [2.75, 3.05) is 30.1 Å². The van der Waals surface area contributed by atoms with Gasteiger partial charge < -0.3 is 5.32 Å². The van der Waals surface area contributed by atoms with Crippen LogP contribution in [0.25, 0.3) is 0 Å². The number of unbranched alkanes of at least 4 members (excludes halogenated alkanes) is 1. The first-order chi connectivity index (χ1) is 6.64. The molecule has 0 aromatic rings. The lowest BCUT2D eigenvalue weighted by atomic mass is 10.2. The van der Waals surface area contributed by atoms with E-state index < -0.39 is 9.84 Å². The molecule has 14 heavy (non-hydrogen) atoms. The standard InChI is InChI=1S/C9H19NO2S2/c1-13-6-3-2-5-10-9-4-7-14(11,12)8-9/h9-10H,2-8H2,1H3. The largest absolute Gasteiger partial charge is 0.313 e. The third kappa shape index (κ3) is 4.66. The zero-order chi connectivity index (χ0) is 10.4. The molecule has 0 amide bonds. The fourth-order valence-corrected chi connectivity index (χ4v) is 3.83. The van der Waals surface area contributed by atoms with Crippen LogP contribution in [0.4, 0.5) is 0 Å². The van der Waals surface area contributed by atoms with Gasteiger partial charge in [0.05, 0.1) is 11.5 Å². The SMILES string of the molecule is CSCCCCNC1CCS(=O)(=O)C1. The lowest BCUT2D eigenvalue weighted by molar-refractivity contribution is 0.540. The Labute approximate surface area is 91.0 Å². The predicted molar refractivity (Wildman–Crippen MR) is 62.7 cm³/mol. The number of rotatable bonds is 6. The zero-order valence-electron chi connectivity index (χ0n) is 8.66. The van der Waals surface area contributed by atoms with Crippen LogP contribution in [0.2, 0.25) is 0 Å². The van der Waals surface area contributed by atoms with E-state index in [4.69, 9.17) is 0 Å². The number of hydrogen-bond acceptors (Lipinski definition) is 4. The van der Waals surface area contributed by atoms with Crippen LogP contribution in [0, 0.1) is 0 Å². The van der Waals surface area contributed by atoms with Gasteiger partial charge in [0.1, 0.15) is 0 Å². The van der Waals surface area contributed by atoms with Crippen LogP contribution in [-0.4, -0.2) is 44.5 Å². The van der Waals surface area contributed by atoms with Crippen LogP contribution in [0.5, 0.6) is 0 Å². The van der Waals surface area contributed by atoms with Crippen molar-refractivity contribution >= 4 is 21.6 Å². The second kappa shape index (κ2) is 5.98. The molecule has 0 saturated carbocycles. The summed E-state index contributed by atoms with van der Waals surface area (Å²) < 4.78 is 22.3. The Morgan fingerprint density at radius 3 is 2.79 bits per heavy atom. The van der Waals surface area contributed by atoms with Gasteiger partial charge in [-0.1, -0.05) is 0 Å². The van der Waals surface area contributed by atoms with Gasteiger partial charge in [-0.25, -0.2) is 8.42 Å². The van der Waals surface area contributed by atoms with E-state index in [0.717, 1.165) is 19.4 Å². The maximum atomic E-state index is 11.1. The summed E-state index contributed by atoms with van der Waals surface area (Å²) in [6.45, 7) is 0.959. The molecular weight excluding hydrogens is 218 g/mol. The summed E-state index contributed by atoms with van der Waals surface area (Å²) in [4.78, 5) is 0. The Balaban J connectivity index is 2.03. The van der Waals surface area contributed by atoms with Gasteiger partial charge in [0.25, 0.3) is 0 Å². The molecule has 1 N–H and O–H groups in total. The minimum absolute atomic E-state index is 0.217. The molecule has 1 aliphatic heterocycles. The Kier molecular flexibility index (Phi) is 5.26. The van der Waals surface area contributed by atoms with Gasteiger partial charge in [-0.2, -0.15) is 11.8 Å². The van der Waals surface area contributed by atoms with E-state index in [9.17, 15) is 8.42 Å². The van der Waals surface area contributed by atoms with Crippen molar-refractivity contribution in [1.82, 2.24) is 5.32 Å². The first-order valence-corrected chi connectivity index (χ1v) is 8.28. The fraction of sp³-hybridized carbons (Fsp3) is 1.00. The van der Waals surface area contributed by atoms with Crippen molar-refractivity contribution in [2.45, 2.75) is 25.3 Å². The van der Waals surface area contributed by atoms with E-state index in [0.29, 0.717) is 11.5 Å². The van der Waals surface area contributed by atoms with Gasteiger partial charge in [-0.15, -0.1) is 0 Å². The quantitative estimate of drug-likeness (QED) is 0.697. The van der Waals surface area contributed by atoms with Crippen molar-refractivity contribution in [3.05, 3.63) is 0 Å². The first-order valence-electron chi connectivity index (χ1n) is 5.07. The third-order valence-corrected chi connectivity index (χ3v) is 4.91. The zero-order valence-corrected chi connectivity index (χ0v) is 10.3. The Morgan fingerprint density at radius 1 is 1.43 bits per heavy atom. The second-order valence-electron chi connectivity index (χ2n) is 3.75. The molecule has 3 nitrogen and oxygen atoms in total. The highest BCUT2D eigenvalue weighted by molar-refractivity contribution is 7.98. The number of sulfone groups is 1. The molecule has 0 aromatic carbocycles. The summed E-state index contributed by atoms with van der Waals surface area (Å²) in [5.41, 5.74) is 0. The highest BCUT2D eigenvalue weighted by Gasteiger charge is 2.26. The third-order valence-electron chi connectivity index (χ3n) is 2.44. The molecule has 1 aliphatic rings. The summed E-state index contributed by atoms with van der Waals surface area (Å²) in [5.74, 6) is 1.91. The number of thioether (sulfide) groups is 1. The average molecular weight is 237 g/mol. The van der Waals surface area contributed by atoms with Gasteiger partial charge in [0, 0.05) is 6.04 Å². The summed E-state index contributed by atoms with van der Waals surface area (Å²) >= 11 is 1.86. The minimum atomic E-state index is -2.71. The van der Waals surface area contributed by atoms with Gasteiger partial charge in [0.15, 0.2) is 9.84 Å². The van der Waals surface area contributed by atoms with Crippen molar-refractivity contribution in [1.29, 1.82) is 0 Å². The molecule has 0 bridgehead atoms. The molecule has 1 atom stereocenters. The minimum Gasteiger partial charge on any atom is -0.313 e. The Bertz CT molecular complexity index is 252. The molecular formula is C9H19NO2S2. The second-order valence-corrected chi connectivity index (χ2v) is 6.97. The van der Waals surface area contributed by atoms with Gasteiger partial charge in [-0.3, -0.25) is 0 Å². The van der Waals surface area contributed by atoms with Gasteiger partial charge >= 0.3 is 0 Å². The van der Waals surface area contributed by atoms with Crippen molar-refractivity contribution in [2.24, 2.45) is 0 Å². The molecule has 1 fully saturated rings. The topological polar surface area (TPSA) is 46.2 Å². The monoisotopic (exact) mass is 237 g/mol. The Hall–Kier alpha value is 0.260. The van der Waals surface area contributed by atoms with Crippen molar-refractivity contribution in [3.63, 3.8) is 0 Å². The summed E-state index contributed by atoms with van der Waals surface area (Å²) in [5, 5.41) is 3.31. The highest BCUT2D eigenvalue weighted by Crippen LogP contribution is 2.11. The van der Waals surface area contributed by atoms with E-state index in [1.807, 2.05) is 11.8 Å². The maximum Gasteiger partial charge on any atom is 0.151 e. The van der Waals surface area contributed by atoms with Crippen LogP contribution in [-0.2, 0) is 9.84 Å². The maximum absolute atomic E-state index is 11.1. The molecule has 1 rings (SSSR count). The molecule has 1 heterocycles. The summed E-state index contributed by atoms with van der Waals surface area (Å²) in [7, 11) is -2.71. The molecule has 0 spiro atoms. The molecule has 0 radical (unpaired) electrons. The molecule has 0 aliphatic carbocycles. The normalized spacial score (nSPS) is 25.4. The molecule has 1 saturated heterocycles. The smallest absolute Gasteiger partial charge is 0.151 e. The van der Waals surface area contributed by atoms with Crippen LogP contribution < -0.4 is 5.32 Å². The van der Waals surface area contributed by atoms with E-state index >= 15 is 0 Å². The van der Waals surface area contributed by atoms with Crippen molar-refractivity contribution < 1.29 is 8.42 Å². The molecule has 5 heteroatoms. The van der Waals surface area contributed by atoms with E-state index in [-0.39, 0.29) is 6.04 Å². The number of hydrogen-bond donors (Lipinski definition) is 1.